The molecule has 0 aliphatic rings. The summed E-state index contributed by atoms with van der Waals surface area (Å²) in [5.74, 6) is -1.31. The Morgan fingerprint density at radius 2 is 2.11 bits per heavy atom. The highest BCUT2D eigenvalue weighted by atomic mass is 35.5. The number of benzene rings is 1. The second-order valence-electron chi connectivity index (χ2n) is 4.22. The lowest BCUT2D eigenvalue weighted by molar-refractivity contribution is 0.101. The van der Waals surface area contributed by atoms with Crippen molar-refractivity contribution in [2.75, 3.05) is 0 Å². The number of hydrogen-bond acceptors (Lipinski definition) is 3. The number of rotatable bonds is 2. The summed E-state index contributed by atoms with van der Waals surface area (Å²) in [7, 11) is 0. The average Bonchev–Trinajstić information content (AvgIpc) is 2.35. The van der Waals surface area contributed by atoms with Crippen molar-refractivity contribution in [2.45, 2.75) is 13.8 Å². The minimum absolute atomic E-state index is 0.0730. The van der Waals surface area contributed by atoms with Gasteiger partial charge in [-0.05, 0) is 37.6 Å². The maximum Gasteiger partial charge on any atom is 0.168 e. The van der Waals surface area contributed by atoms with Crippen LogP contribution in [0.1, 0.15) is 22.8 Å². The van der Waals surface area contributed by atoms with Gasteiger partial charge in [0.05, 0.1) is 10.6 Å². The second-order valence-corrected chi connectivity index (χ2v) is 4.63. The van der Waals surface area contributed by atoms with Gasteiger partial charge in [-0.3, -0.25) is 9.78 Å². The predicted molar refractivity (Wildman–Crippen MR) is 71.0 cm³/mol. The number of ketones is 1. The molecular formula is C14H11ClFNO2. The Kier molecular flexibility index (Phi) is 3.53. The van der Waals surface area contributed by atoms with E-state index in [0.29, 0.717) is 0 Å². The van der Waals surface area contributed by atoms with E-state index >= 15 is 0 Å². The van der Waals surface area contributed by atoms with Crippen LogP contribution in [0.15, 0.2) is 24.4 Å². The smallest absolute Gasteiger partial charge is 0.168 e. The van der Waals surface area contributed by atoms with Gasteiger partial charge in [-0.25, -0.2) is 4.39 Å². The normalized spacial score (nSPS) is 10.5. The van der Waals surface area contributed by atoms with Gasteiger partial charge in [0.1, 0.15) is 11.4 Å². The number of phenols is 1. The number of phenolic OH excluding ortho intramolecular Hbond substituents is 1. The van der Waals surface area contributed by atoms with Crippen LogP contribution in [0.3, 0.4) is 0 Å². The van der Waals surface area contributed by atoms with Crippen LogP contribution in [0.2, 0.25) is 5.02 Å². The molecule has 0 aliphatic carbocycles. The minimum Gasteiger partial charge on any atom is -0.506 e. The van der Waals surface area contributed by atoms with E-state index in [-0.39, 0.29) is 33.4 Å². The molecule has 0 bridgehead atoms. The molecule has 3 nitrogen and oxygen atoms in total. The first kappa shape index (κ1) is 13.5. The second kappa shape index (κ2) is 4.97. The summed E-state index contributed by atoms with van der Waals surface area (Å²) in [6, 6.07) is 4.42. The van der Waals surface area contributed by atoms with Gasteiger partial charge in [-0.1, -0.05) is 11.6 Å². The molecule has 98 valence electrons. The molecule has 19 heavy (non-hydrogen) atoms. The Labute approximate surface area is 114 Å². The number of hydrogen-bond donors (Lipinski definition) is 1. The van der Waals surface area contributed by atoms with Crippen LogP contribution < -0.4 is 0 Å². The van der Waals surface area contributed by atoms with Gasteiger partial charge >= 0.3 is 0 Å². The molecule has 0 saturated carbocycles. The van der Waals surface area contributed by atoms with Crippen LogP contribution in [0.4, 0.5) is 4.39 Å². The Bertz CT molecular complexity index is 671. The summed E-state index contributed by atoms with van der Waals surface area (Å²) in [5, 5.41) is 9.99. The number of Topliss-reactive ketones (excluding diaryl/α,β-unsaturated/α-hetero) is 1. The van der Waals surface area contributed by atoms with Crippen molar-refractivity contribution < 1.29 is 14.3 Å². The summed E-state index contributed by atoms with van der Waals surface area (Å²) in [6.45, 7) is 3.08. The van der Waals surface area contributed by atoms with Crippen molar-refractivity contribution in [3.8, 4) is 17.0 Å². The molecule has 0 atom stereocenters. The molecular weight excluding hydrogens is 269 g/mol. The van der Waals surface area contributed by atoms with Crippen LogP contribution in [0, 0.1) is 12.7 Å². The van der Waals surface area contributed by atoms with E-state index in [1.165, 1.54) is 19.2 Å². The SMILES string of the molecule is CC(=O)c1cc(C)cc(-c2nccc(Cl)c2F)c1O. The highest BCUT2D eigenvalue weighted by Gasteiger charge is 2.18. The number of carbonyl (C=O) groups excluding carboxylic acids is 1. The fraction of sp³-hybridized carbons (Fsp3) is 0.143. The van der Waals surface area contributed by atoms with E-state index in [2.05, 4.69) is 4.98 Å². The summed E-state index contributed by atoms with van der Waals surface area (Å²) < 4.78 is 13.9. The lowest BCUT2D eigenvalue weighted by atomic mass is 9.99. The zero-order chi connectivity index (χ0) is 14.2. The third-order valence-corrected chi connectivity index (χ3v) is 3.02. The van der Waals surface area contributed by atoms with Crippen LogP contribution in [-0.2, 0) is 0 Å². The monoisotopic (exact) mass is 279 g/mol. The van der Waals surface area contributed by atoms with Crippen molar-refractivity contribution >= 4 is 17.4 Å². The van der Waals surface area contributed by atoms with Crippen molar-refractivity contribution in [3.63, 3.8) is 0 Å². The fourth-order valence-electron chi connectivity index (χ4n) is 1.84. The maximum absolute atomic E-state index is 13.9. The van der Waals surface area contributed by atoms with E-state index in [4.69, 9.17) is 11.6 Å². The van der Waals surface area contributed by atoms with Gasteiger partial charge in [0.2, 0.25) is 0 Å². The Hall–Kier alpha value is -1.94. The molecule has 0 saturated heterocycles. The molecule has 1 aromatic carbocycles. The molecule has 1 heterocycles. The standard InChI is InChI=1S/C14H11ClFNO2/c1-7-5-9(8(2)18)14(19)10(6-7)13-12(16)11(15)3-4-17-13/h3-6,19H,1-2H3. The molecule has 2 aromatic rings. The maximum atomic E-state index is 13.9. The number of aromatic nitrogens is 1. The summed E-state index contributed by atoms with van der Waals surface area (Å²) in [5.41, 5.74) is 0.941. The number of halogens is 2. The van der Waals surface area contributed by atoms with Crippen LogP contribution in [0.5, 0.6) is 5.75 Å². The average molecular weight is 280 g/mol. The summed E-state index contributed by atoms with van der Waals surface area (Å²) in [4.78, 5) is 15.3. The molecule has 0 unspecified atom stereocenters. The van der Waals surface area contributed by atoms with Gasteiger partial charge in [0.15, 0.2) is 11.6 Å². The lowest BCUT2D eigenvalue weighted by Gasteiger charge is -2.10. The summed E-state index contributed by atoms with van der Waals surface area (Å²) in [6.07, 6.45) is 1.34. The van der Waals surface area contributed by atoms with Crippen molar-refractivity contribution in [1.82, 2.24) is 4.98 Å². The first-order valence-corrected chi connectivity index (χ1v) is 5.94. The zero-order valence-corrected chi connectivity index (χ0v) is 11.1. The number of aryl methyl sites for hydroxylation is 1. The lowest BCUT2D eigenvalue weighted by Crippen LogP contribution is -1.98. The summed E-state index contributed by atoms with van der Waals surface area (Å²) >= 11 is 5.69. The molecule has 0 radical (unpaired) electrons. The third-order valence-electron chi connectivity index (χ3n) is 2.73. The van der Waals surface area contributed by atoms with Crippen molar-refractivity contribution in [1.29, 1.82) is 0 Å². The van der Waals surface area contributed by atoms with Crippen LogP contribution in [0.25, 0.3) is 11.3 Å². The van der Waals surface area contributed by atoms with E-state index in [9.17, 15) is 14.3 Å². The Morgan fingerprint density at radius 3 is 2.74 bits per heavy atom. The highest BCUT2D eigenvalue weighted by molar-refractivity contribution is 6.31. The largest absolute Gasteiger partial charge is 0.506 e. The van der Waals surface area contributed by atoms with Gasteiger partial charge in [-0.15, -0.1) is 0 Å². The molecule has 1 aromatic heterocycles. The molecule has 0 spiro atoms. The zero-order valence-electron chi connectivity index (χ0n) is 10.4. The molecule has 0 amide bonds. The van der Waals surface area contributed by atoms with Crippen LogP contribution >= 0.6 is 11.6 Å². The van der Waals surface area contributed by atoms with Gasteiger partial charge in [-0.2, -0.15) is 0 Å². The number of aromatic hydroxyl groups is 1. The number of carbonyl (C=O) groups is 1. The van der Waals surface area contributed by atoms with E-state index in [1.807, 2.05) is 0 Å². The van der Waals surface area contributed by atoms with Gasteiger partial charge < -0.3 is 5.11 Å². The van der Waals surface area contributed by atoms with Crippen molar-refractivity contribution in [3.05, 3.63) is 46.4 Å². The third kappa shape index (κ3) is 2.44. The highest BCUT2D eigenvalue weighted by Crippen LogP contribution is 2.35. The quantitative estimate of drug-likeness (QED) is 0.852. The fourth-order valence-corrected chi connectivity index (χ4v) is 1.98. The number of nitrogens with zero attached hydrogens (tertiary/aromatic N) is 1. The molecule has 0 aliphatic heterocycles. The van der Waals surface area contributed by atoms with E-state index < -0.39 is 5.82 Å². The van der Waals surface area contributed by atoms with Crippen LogP contribution in [-0.4, -0.2) is 15.9 Å². The Balaban J connectivity index is 2.76. The molecule has 0 fully saturated rings. The molecule has 5 heteroatoms. The van der Waals surface area contributed by atoms with E-state index in [1.54, 1.807) is 19.1 Å². The first-order valence-electron chi connectivity index (χ1n) is 5.56. The van der Waals surface area contributed by atoms with Gasteiger partial charge in [0, 0.05) is 11.8 Å². The van der Waals surface area contributed by atoms with E-state index in [0.717, 1.165) is 5.56 Å². The van der Waals surface area contributed by atoms with Crippen molar-refractivity contribution in [2.24, 2.45) is 0 Å². The Morgan fingerprint density at radius 1 is 1.42 bits per heavy atom. The predicted octanol–water partition coefficient (Wildman–Crippen LogP) is 3.76. The topological polar surface area (TPSA) is 50.2 Å². The minimum atomic E-state index is -0.723. The number of pyridine rings is 1. The molecule has 2 rings (SSSR count). The van der Waals surface area contributed by atoms with Gasteiger partial charge in [0.25, 0.3) is 0 Å². The first-order chi connectivity index (χ1) is 8.91. The molecule has 1 N–H and O–H groups in total.